The van der Waals surface area contributed by atoms with E-state index in [1.54, 1.807) is 17.0 Å². The van der Waals surface area contributed by atoms with Gasteiger partial charge in [0.1, 0.15) is 5.75 Å². The quantitative estimate of drug-likeness (QED) is 0.883. The summed E-state index contributed by atoms with van der Waals surface area (Å²) in [5.74, 6) is -0.165. The van der Waals surface area contributed by atoms with Gasteiger partial charge in [-0.25, -0.2) is 0 Å². The van der Waals surface area contributed by atoms with Gasteiger partial charge in [-0.3, -0.25) is 4.79 Å². The van der Waals surface area contributed by atoms with Gasteiger partial charge in [-0.2, -0.15) is 5.26 Å². The molecule has 94 valence electrons. The van der Waals surface area contributed by atoms with E-state index in [4.69, 9.17) is 5.26 Å². The Morgan fingerprint density at radius 2 is 2.28 bits per heavy atom. The van der Waals surface area contributed by atoms with Crippen molar-refractivity contribution in [1.29, 1.82) is 5.26 Å². The normalized spacial score (nSPS) is 14.0. The molecule has 1 aliphatic rings. The summed E-state index contributed by atoms with van der Waals surface area (Å²) in [5, 5.41) is 18.4. The minimum atomic E-state index is -0.172. The Morgan fingerprint density at radius 3 is 2.89 bits per heavy atom. The molecule has 0 saturated heterocycles. The van der Waals surface area contributed by atoms with Crippen molar-refractivity contribution < 1.29 is 9.90 Å². The van der Waals surface area contributed by atoms with E-state index in [9.17, 15) is 9.90 Å². The van der Waals surface area contributed by atoms with Gasteiger partial charge in [0.25, 0.3) is 5.91 Å². The van der Waals surface area contributed by atoms with Gasteiger partial charge in [0.2, 0.25) is 0 Å². The molecule has 18 heavy (non-hydrogen) atoms. The standard InChI is InChI=1S/C14H16N2O2/c1-10-3-6-13(17)12(9-10)14(18)16(8-2-7-15)11-4-5-11/h3,6,9,11,17H,2,4-5,8H2,1H3. The topological polar surface area (TPSA) is 64.3 Å². The number of aryl methyl sites for hydroxylation is 1. The maximum absolute atomic E-state index is 12.4. The summed E-state index contributed by atoms with van der Waals surface area (Å²) in [7, 11) is 0. The third-order valence-corrected chi connectivity index (χ3v) is 3.10. The SMILES string of the molecule is Cc1ccc(O)c(C(=O)N(CCC#N)C2CC2)c1. The van der Waals surface area contributed by atoms with Gasteiger partial charge in [0, 0.05) is 12.6 Å². The number of hydrogen-bond donors (Lipinski definition) is 1. The number of aromatic hydroxyl groups is 1. The summed E-state index contributed by atoms with van der Waals surface area (Å²) >= 11 is 0. The Kier molecular flexibility index (Phi) is 3.52. The number of nitrogens with zero attached hydrogens (tertiary/aromatic N) is 2. The predicted octanol–water partition coefficient (Wildman–Crippen LogP) is 2.22. The van der Waals surface area contributed by atoms with E-state index in [0.717, 1.165) is 18.4 Å². The lowest BCUT2D eigenvalue weighted by Gasteiger charge is -2.21. The Balaban J connectivity index is 2.22. The smallest absolute Gasteiger partial charge is 0.257 e. The van der Waals surface area contributed by atoms with Crippen molar-refractivity contribution in [2.75, 3.05) is 6.54 Å². The molecular weight excluding hydrogens is 228 g/mol. The molecule has 1 N–H and O–H groups in total. The number of nitriles is 1. The van der Waals surface area contributed by atoms with E-state index < -0.39 is 0 Å². The van der Waals surface area contributed by atoms with Crippen LogP contribution < -0.4 is 0 Å². The minimum absolute atomic E-state index is 0.00760. The second kappa shape index (κ2) is 5.09. The van der Waals surface area contributed by atoms with E-state index in [0.29, 0.717) is 18.5 Å². The molecule has 0 bridgehead atoms. The number of benzene rings is 1. The second-order valence-corrected chi connectivity index (χ2v) is 4.66. The molecule has 0 aliphatic heterocycles. The van der Waals surface area contributed by atoms with Crippen LogP contribution >= 0.6 is 0 Å². The first-order valence-corrected chi connectivity index (χ1v) is 6.11. The number of phenols is 1. The zero-order chi connectivity index (χ0) is 13.1. The largest absolute Gasteiger partial charge is 0.507 e. The molecule has 1 aliphatic carbocycles. The molecule has 1 aromatic rings. The van der Waals surface area contributed by atoms with Crippen molar-refractivity contribution >= 4 is 5.91 Å². The molecular formula is C14H16N2O2. The number of carbonyl (C=O) groups excluding carboxylic acids is 1. The van der Waals surface area contributed by atoms with Gasteiger partial charge in [0.15, 0.2) is 0 Å². The molecule has 0 unspecified atom stereocenters. The van der Waals surface area contributed by atoms with Gasteiger partial charge in [-0.05, 0) is 31.9 Å². The van der Waals surface area contributed by atoms with E-state index in [2.05, 4.69) is 6.07 Å². The van der Waals surface area contributed by atoms with Gasteiger partial charge < -0.3 is 10.0 Å². The minimum Gasteiger partial charge on any atom is -0.507 e. The number of hydrogen-bond acceptors (Lipinski definition) is 3. The Labute approximate surface area is 106 Å². The summed E-state index contributed by atoms with van der Waals surface area (Å²) < 4.78 is 0. The fourth-order valence-electron chi connectivity index (χ4n) is 1.98. The van der Waals surface area contributed by atoms with Crippen LogP contribution in [0.15, 0.2) is 18.2 Å². The fourth-order valence-corrected chi connectivity index (χ4v) is 1.98. The number of phenolic OH excluding ortho intramolecular Hbond substituents is 1. The third kappa shape index (κ3) is 2.62. The van der Waals surface area contributed by atoms with Crippen molar-refractivity contribution in [3.63, 3.8) is 0 Å². The molecule has 1 saturated carbocycles. The Hall–Kier alpha value is -2.02. The van der Waals surface area contributed by atoms with E-state index in [-0.39, 0.29) is 17.7 Å². The van der Waals surface area contributed by atoms with Crippen LogP contribution in [-0.4, -0.2) is 28.5 Å². The fraction of sp³-hybridized carbons (Fsp3) is 0.429. The number of carbonyl (C=O) groups is 1. The van der Waals surface area contributed by atoms with E-state index in [1.807, 2.05) is 6.92 Å². The lowest BCUT2D eigenvalue weighted by molar-refractivity contribution is 0.0743. The summed E-state index contributed by atoms with van der Waals surface area (Å²) in [6.07, 6.45) is 2.31. The van der Waals surface area contributed by atoms with Crippen LogP contribution in [0.4, 0.5) is 0 Å². The van der Waals surface area contributed by atoms with Crippen molar-refractivity contribution in [1.82, 2.24) is 4.90 Å². The molecule has 1 amide bonds. The highest BCUT2D eigenvalue weighted by Gasteiger charge is 2.33. The first-order valence-electron chi connectivity index (χ1n) is 6.11. The van der Waals surface area contributed by atoms with Crippen LogP contribution in [0.3, 0.4) is 0 Å². The van der Waals surface area contributed by atoms with Gasteiger partial charge in [-0.15, -0.1) is 0 Å². The molecule has 0 radical (unpaired) electrons. The van der Waals surface area contributed by atoms with Crippen molar-refractivity contribution in [3.8, 4) is 11.8 Å². The maximum Gasteiger partial charge on any atom is 0.257 e. The molecule has 4 heteroatoms. The first-order chi connectivity index (χ1) is 8.63. The van der Waals surface area contributed by atoms with Crippen molar-refractivity contribution in [2.24, 2.45) is 0 Å². The Bertz CT molecular complexity index is 501. The highest BCUT2D eigenvalue weighted by Crippen LogP contribution is 2.30. The van der Waals surface area contributed by atoms with Crippen LogP contribution in [0.5, 0.6) is 5.75 Å². The molecule has 0 atom stereocenters. The maximum atomic E-state index is 12.4. The molecule has 2 rings (SSSR count). The highest BCUT2D eigenvalue weighted by atomic mass is 16.3. The monoisotopic (exact) mass is 244 g/mol. The lowest BCUT2D eigenvalue weighted by atomic mass is 10.1. The molecule has 0 heterocycles. The number of rotatable bonds is 4. The van der Waals surface area contributed by atoms with Crippen LogP contribution in [0, 0.1) is 18.3 Å². The Morgan fingerprint density at radius 1 is 1.56 bits per heavy atom. The van der Waals surface area contributed by atoms with Crippen LogP contribution in [0.2, 0.25) is 0 Å². The van der Waals surface area contributed by atoms with Gasteiger partial charge >= 0.3 is 0 Å². The summed E-state index contributed by atoms with van der Waals surface area (Å²) in [5.41, 5.74) is 1.27. The van der Waals surface area contributed by atoms with Gasteiger partial charge in [-0.1, -0.05) is 11.6 Å². The summed E-state index contributed by atoms with van der Waals surface area (Å²) in [6.45, 7) is 2.32. The first kappa shape index (κ1) is 12.4. The average molecular weight is 244 g/mol. The summed E-state index contributed by atoms with van der Waals surface area (Å²) in [4.78, 5) is 14.1. The average Bonchev–Trinajstić information content (AvgIpc) is 3.17. The summed E-state index contributed by atoms with van der Waals surface area (Å²) in [6, 6.07) is 7.30. The molecule has 1 aromatic carbocycles. The number of amides is 1. The third-order valence-electron chi connectivity index (χ3n) is 3.10. The zero-order valence-corrected chi connectivity index (χ0v) is 10.4. The molecule has 0 aromatic heterocycles. The molecule has 4 nitrogen and oxygen atoms in total. The molecule has 1 fully saturated rings. The van der Waals surface area contributed by atoms with Crippen LogP contribution in [0.25, 0.3) is 0 Å². The second-order valence-electron chi connectivity index (χ2n) is 4.66. The van der Waals surface area contributed by atoms with Gasteiger partial charge in [0.05, 0.1) is 18.1 Å². The lowest BCUT2D eigenvalue weighted by Crippen LogP contribution is -2.34. The van der Waals surface area contributed by atoms with Crippen molar-refractivity contribution in [3.05, 3.63) is 29.3 Å². The van der Waals surface area contributed by atoms with E-state index >= 15 is 0 Å². The predicted molar refractivity (Wildman–Crippen MR) is 67.1 cm³/mol. The van der Waals surface area contributed by atoms with Crippen molar-refractivity contribution in [2.45, 2.75) is 32.2 Å². The molecule has 0 spiro atoms. The van der Waals surface area contributed by atoms with Crippen LogP contribution in [-0.2, 0) is 0 Å². The highest BCUT2D eigenvalue weighted by molar-refractivity contribution is 5.97. The zero-order valence-electron chi connectivity index (χ0n) is 10.4. The van der Waals surface area contributed by atoms with E-state index in [1.165, 1.54) is 6.07 Å². The van der Waals surface area contributed by atoms with Crippen LogP contribution in [0.1, 0.15) is 35.2 Å².